The van der Waals surface area contributed by atoms with E-state index in [1.54, 1.807) is 0 Å². The second kappa shape index (κ2) is 7.10. The Balaban J connectivity index is 1.59. The lowest BCUT2D eigenvalue weighted by Crippen LogP contribution is -2.42. The highest BCUT2D eigenvalue weighted by atomic mass is 16.1. The molecule has 104 valence electrons. The molecule has 18 heavy (non-hydrogen) atoms. The molecule has 0 aromatic heterocycles. The van der Waals surface area contributed by atoms with Crippen LogP contribution in [0, 0.1) is 0 Å². The zero-order valence-corrected chi connectivity index (χ0v) is 11.6. The number of carbonyl (C=O) groups is 1. The van der Waals surface area contributed by atoms with Gasteiger partial charge in [0.2, 0.25) is 5.91 Å². The van der Waals surface area contributed by atoms with Crippen molar-refractivity contribution in [2.45, 2.75) is 57.0 Å². The van der Waals surface area contributed by atoms with E-state index in [2.05, 4.69) is 15.5 Å². The van der Waals surface area contributed by atoms with Crippen LogP contribution in [0.4, 0.5) is 0 Å². The summed E-state index contributed by atoms with van der Waals surface area (Å²) >= 11 is 0. The summed E-state index contributed by atoms with van der Waals surface area (Å²) in [6.07, 6.45) is 7.90. The minimum atomic E-state index is 0.245. The molecule has 0 atom stereocenters. The van der Waals surface area contributed by atoms with Crippen LogP contribution in [0.2, 0.25) is 0 Å². The Labute approximate surface area is 110 Å². The smallest absolute Gasteiger partial charge is 0.221 e. The van der Waals surface area contributed by atoms with E-state index in [0.29, 0.717) is 18.5 Å². The van der Waals surface area contributed by atoms with Gasteiger partial charge in [0.1, 0.15) is 0 Å². The average Bonchev–Trinajstić information content (AvgIpc) is 2.90. The van der Waals surface area contributed by atoms with Crippen molar-refractivity contribution in [2.75, 3.05) is 26.7 Å². The van der Waals surface area contributed by atoms with E-state index in [9.17, 15) is 4.79 Å². The van der Waals surface area contributed by atoms with Crippen LogP contribution in [0.5, 0.6) is 0 Å². The average molecular weight is 253 g/mol. The van der Waals surface area contributed by atoms with Gasteiger partial charge in [-0.2, -0.15) is 0 Å². The van der Waals surface area contributed by atoms with Gasteiger partial charge in [0.15, 0.2) is 0 Å². The molecule has 1 amide bonds. The highest BCUT2D eigenvalue weighted by Gasteiger charge is 2.21. The highest BCUT2D eigenvalue weighted by molar-refractivity contribution is 5.76. The van der Waals surface area contributed by atoms with E-state index in [0.717, 1.165) is 19.4 Å². The van der Waals surface area contributed by atoms with Crippen LogP contribution in [0.1, 0.15) is 44.9 Å². The van der Waals surface area contributed by atoms with Crippen molar-refractivity contribution in [1.29, 1.82) is 0 Å². The van der Waals surface area contributed by atoms with Crippen molar-refractivity contribution < 1.29 is 4.79 Å². The van der Waals surface area contributed by atoms with Crippen molar-refractivity contribution >= 4 is 5.91 Å². The number of hydrogen-bond acceptors (Lipinski definition) is 3. The standard InChI is InChI=1S/C14H27N3O/c1-15-12-4-6-13(7-5-12)16-14(18)8-11-17-9-2-3-10-17/h12-13,15H,2-11H2,1H3,(H,16,18). The molecule has 1 heterocycles. The molecule has 1 aliphatic heterocycles. The monoisotopic (exact) mass is 253 g/mol. The summed E-state index contributed by atoms with van der Waals surface area (Å²) in [4.78, 5) is 14.3. The van der Waals surface area contributed by atoms with E-state index in [1.807, 2.05) is 7.05 Å². The van der Waals surface area contributed by atoms with E-state index < -0.39 is 0 Å². The van der Waals surface area contributed by atoms with Crippen LogP contribution in [0.15, 0.2) is 0 Å². The van der Waals surface area contributed by atoms with Crippen molar-refractivity contribution in [2.24, 2.45) is 0 Å². The molecule has 0 aromatic rings. The summed E-state index contributed by atoms with van der Waals surface area (Å²) in [6, 6.07) is 1.07. The van der Waals surface area contributed by atoms with Gasteiger partial charge in [-0.05, 0) is 58.7 Å². The lowest BCUT2D eigenvalue weighted by atomic mass is 9.91. The quantitative estimate of drug-likeness (QED) is 0.772. The van der Waals surface area contributed by atoms with Crippen molar-refractivity contribution in [1.82, 2.24) is 15.5 Å². The van der Waals surface area contributed by atoms with Gasteiger partial charge in [0.05, 0.1) is 0 Å². The van der Waals surface area contributed by atoms with Gasteiger partial charge in [-0.1, -0.05) is 0 Å². The molecule has 1 saturated carbocycles. The fourth-order valence-corrected chi connectivity index (χ4v) is 3.09. The molecule has 1 saturated heterocycles. The van der Waals surface area contributed by atoms with Gasteiger partial charge in [-0.3, -0.25) is 4.79 Å². The first-order valence-electron chi connectivity index (χ1n) is 7.47. The SMILES string of the molecule is CNC1CCC(NC(=O)CCN2CCCC2)CC1. The molecular formula is C14H27N3O. The lowest BCUT2D eigenvalue weighted by molar-refractivity contribution is -0.122. The molecule has 0 bridgehead atoms. The molecular weight excluding hydrogens is 226 g/mol. The summed E-state index contributed by atoms with van der Waals surface area (Å²) in [5, 5.41) is 6.51. The van der Waals surface area contributed by atoms with Crippen LogP contribution in [-0.4, -0.2) is 49.6 Å². The normalized spacial score (nSPS) is 29.4. The summed E-state index contributed by atoms with van der Waals surface area (Å²) in [5.74, 6) is 0.245. The van der Waals surface area contributed by atoms with Crippen LogP contribution < -0.4 is 10.6 Å². The maximum atomic E-state index is 11.9. The molecule has 2 N–H and O–H groups in total. The van der Waals surface area contributed by atoms with E-state index >= 15 is 0 Å². The number of carbonyl (C=O) groups excluding carboxylic acids is 1. The Hall–Kier alpha value is -0.610. The fourth-order valence-electron chi connectivity index (χ4n) is 3.09. The summed E-state index contributed by atoms with van der Waals surface area (Å²) < 4.78 is 0. The van der Waals surface area contributed by atoms with E-state index in [4.69, 9.17) is 0 Å². The number of likely N-dealkylation sites (tertiary alicyclic amines) is 1. The third-order valence-corrected chi connectivity index (χ3v) is 4.35. The molecule has 0 spiro atoms. The molecule has 0 unspecified atom stereocenters. The third kappa shape index (κ3) is 4.25. The summed E-state index contributed by atoms with van der Waals surface area (Å²) in [6.45, 7) is 3.30. The summed E-state index contributed by atoms with van der Waals surface area (Å²) in [5.41, 5.74) is 0. The Kier molecular flexibility index (Phi) is 5.45. The maximum Gasteiger partial charge on any atom is 0.221 e. The van der Waals surface area contributed by atoms with Crippen LogP contribution in [0.3, 0.4) is 0 Å². The number of nitrogens with one attached hydrogen (secondary N) is 2. The molecule has 0 radical (unpaired) electrons. The predicted octanol–water partition coefficient (Wildman–Crippen LogP) is 1.12. The first-order chi connectivity index (χ1) is 8.78. The highest BCUT2D eigenvalue weighted by Crippen LogP contribution is 2.18. The zero-order chi connectivity index (χ0) is 12.8. The Morgan fingerprint density at radius 1 is 1.11 bits per heavy atom. The zero-order valence-electron chi connectivity index (χ0n) is 11.6. The molecule has 4 nitrogen and oxygen atoms in total. The van der Waals surface area contributed by atoms with Crippen molar-refractivity contribution in [3.05, 3.63) is 0 Å². The Morgan fingerprint density at radius 3 is 2.33 bits per heavy atom. The first kappa shape index (κ1) is 13.8. The minimum Gasteiger partial charge on any atom is -0.353 e. The van der Waals surface area contributed by atoms with Gasteiger partial charge in [-0.25, -0.2) is 0 Å². The number of hydrogen-bond donors (Lipinski definition) is 2. The van der Waals surface area contributed by atoms with Gasteiger partial charge < -0.3 is 15.5 Å². The fraction of sp³-hybridized carbons (Fsp3) is 0.929. The molecule has 2 fully saturated rings. The minimum absolute atomic E-state index is 0.245. The molecule has 4 heteroatoms. The second-order valence-corrected chi connectivity index (χ2v) is 5.70. The molecule has 2 aliphatic rings. The van der Waals surface area contributed by atoms with Gasteiger partial charge >= 0.3 is 0 Å². The Bertz CT molecular complexity index is 256. The predicted molar refractivity (Wildman–Crippen MR) is 73.5 cm³/mol. The summed E-state index contributed by atoms with van der Waals surface area (Å²) in [7, 11) is 2.03. The van der Waals surface area contributed by atoms with E-state index in [-0.39, 0.29) is 5.91 Å². The Morgan fingerprint density at radius 2 is 1.72 bits per heavy atom. The van der Waals surface area contributed by atoms with E-state index in [1.165, 1.54) is 38.8 Å². The third-order valence-electron chi connectivity index (χ3n) is 4.35. The van der Waals surface area contributed by atoms with Gasteiger partial charge in [0, 0.05) is 25.0 Å². The van der Waals surface area contributed by atoms with Crippen molar-refractivity contribution in [3.8, 4) is 0 Å². The van der Waals surface area contributed by atoms with Gasteiger partial charge in [-0.15, -0.1) is 0 Å². The lowest BCUT2D eigenvalue weighted by Gasteiger charge is -2.29. The van der Waals surface area contributed by atoms with Crippen molar-refractivity contribution in [3.63, 3.8) is 0 Å². The molecule has 0 aromatic carbocycles. The van der Waals surface area contributed by atoms with Crippen LogP contribution in [-0.2, 0) is 4.79 Å². The van der Waals surface area contributed by atoms with Gasteiger partial charge in [0.25, 0.3) is 0 Å². The largest absolute Gasteiger partial charge is 0.353 e. The van der Waals surface area contributed by atoms with Crippen LogP contribution in [0.25, 0.3) is 0 Å². The number of amides is 1. The molecule has 2 rings (SSSR count). The topological polar surface area (TPSA) is 44.4 Å². The number of rotatable bonds is 5. The first-order valence-corrected chi connectivity index (χ1v) is 7.47. The molecule has 1 aliphatic carbocycles. The maximum absolute atomic E-state index is 11.9. The second-order valence-electron chi connectivity index (χ2n) is 5.70. The number of nitrogens with zero attached hydrogens (tertiary/aromatic N) is 1. The van der Waals surface area contributed by atoms with Crippen LogP contribution >= 0.6 is 0 Å².